The van der Waals surface area contributed by atoms with Crippen molar-refractivity contribution >= 4 is 11.9 Å². The summed E-state index contributed by atoms with van der Waals surface area (Å²) in [6, 6.07) is 17.9. The molecule has 5 heteroatoms. The van der Waals surface area contributed by atoms with E-state index in [0.717, 1.165) is 16.7 Å². The number of carbonyl (C=O) groups excluding carboxylic acids is 1. The Balaban J connectivity index is 1.41. The zero-order valence-electron chi connectivity index (χ0n) is 14.6. The first kappa shape index (κ1) is 18.1. The summed E-state index contributed by atoms with van der Waals surface area (Å²) in [6.45, 7) is 1.52. The lowest BCUT2D eigenvalue weighted by molar-refractivity contribution is -0.152. The molecule has 1 amide bonds. The van der Waals surface area contributed by atoms with Crippen molar-refractivity contribution in [2.24, 2.45) is 11.8 Å². The van der Waals surface area contributed by atoms with Gasteiger partial charge in [0.25, 0.3) is 0 Å². The largest absolute Gasteiger partial charge is 0.481 e. The van der Waals surface area contributed by atoms with Gasteiger partial charge >= 0.3 is 5.97 Å². The van der Waals surface area contributed by atoms with Crippen LogP contribution < -0.4 is 5.32 Å². The molecule has 136 valence electrons. The Labute approximate surface area is 153 Å². The SMILES string of the molecule is O=C(O)C1CCC1C(=O)NCc1ccc(COCc2ccccc2)cc1. The van der Waals surface area contributed by atoms with E-state index < -0.39 is 17.8 Å². The van der Waals surface area contributed by atoms with Gasteiger partial charge in [-0.3, -0.25) is 9.59 Å². The fourth-order valence-corrected chi connectivity index (χ4v) is 3.04. The first-order valence-corrected chi connectivity index (χ1v) is 8.83. The molecule has 3 rings (SSSR count). The van der Waals surface area contributed by atoms with Crippen LogP contribution in [0.15, 0.2) is 54.6 Å². The van der Waals surface area contributed by atoms with Gasteiger partial charge in [-0.25, -0.2) is 0 Å². The molecule has 0 aliphatic heterocycles. The average Bonchev–Trinajstić information content (AvgIpc) is 2.60. The number of hydrogen-bond acceptors (Lipinski definition) is 3. The fourth-order valence-electron chi connectivity index (χ4n) is 3.04. The van der Waals surface area contributed by atoms with Gasteiger partial charge in [0.2, 0.25) is 5.91 Å². The molecule has 2 unspecified atom stereocenters. The van der Waals surface area contributed by atoms with Crippen LogP contribution in [0.3, 0.4) is 0 Å². The quantitative estimate of drug-likeness (QED) is 0.764. The Morgan fingerprint density at radius 3 is 2.04 bits per heavy atom. The minimum Gasteiger partial charge on any atom is -0.481 e. The number of hydrogen-bond donors (Lipinski definition) is 2. The molecule has 0 bridgehead atoms. The summed E-state index contributed by atoms with van der Waals surface area (Å²) in [4.78, 5) is 23.1. The van der Waals surface area contributed by atoms with Gasteiger partial charge in [0.15, 0.2) is 0 Å². The van der Waals surface area contributed by atoms with Crippen molar-refractivity contribution in [1.82, 2.24) is 5.32 Å². The molecular weight excluding hydrogens is 330 g/mol. The second-order valence-electron chi connectivity index (χ2n) is 6.64. The van der Waals surface area contributed by atoms with Crippen LogP contribution in [0.2, 0.25) is 0 Å². The maximum absolute atomic E-state index is 12.1. The summed E-state index contributed by atoms with van der Waals surface area (Å²) in [5.74, 6) is -1.97. The van der Waals surface area contributed by atoms with E-state index in [9.17, 15) is 9.59 Å². The van der Waals surface area contributed by atoms with Gasteiger partial charge in [0, 0.05) is 6.54 Å². The van der Waals surface area contributed by atoms with Crippen LogP contribution in [-0.2, 0) is 34.1 Å². The molecule has 1 fully saturated rings. The number of benzene rings is 2. The molecule has 1 aliphatic rings. The lowest BCUT2D eigenvalue weighted by Gasteiger charge is -2.31. The number of amides is 1. The average molecular weight is 353 g/mol. The van der Waals surface area contributed by atoms with E-state index >= 15 is 0 Å². The van der Waals surface area contributed by atoms with Crippen molar-refractivity contribution in [3.63, 3.8) is 0 Å². The zero-order valence-corrected chi connectivity index (χ0v) is 14.6. The van der Waals surface area contributed by atoms with Crippen molar-refractivity contribution in [2.45, 2.75) is 32.6 Å². The molecule has 0 heterocycles. The number of carbonyl (C=O) groups is 2. The van der Waals surface area contributed by atoms with E-state index in [1.165, 1.54) is 0 Å². The number of carboxylic acids is 1. The smallest absolute Gasteiger partial charge is 0.307 e. The maximum atomic E-state index is 12.1. The van der Waals surface area contributed by atoms with Crippen molar-refractivity contribution in [3.8, 4) is 0 Å². The third kappa shape index (κ3) is 4.70. The number of ether oxygens (including phenoxy) is 1. The highest BCUT2D eigenvalue weighted by Crippen LogP contribution is 2.34. The molecule has 2 atom stereocenters. The maximum Gasteiger partial charge on any atom is 0.307 e. The van der Waals surface area contributed by atoms with Crippen LogP contribution in [0.5, 0.6) is 0 Å². The first-order valence-electron chi connectivity index (χ1n) is 8.83. The summed E-state index contributed by atoms with van der Waals surface area (Å²) in [5.41, 5.74) is 3.19. The normalized spacial score (nSPS) is 18.8. The standard InChI is InChI=1S/C21H23NO4/c23-20(18-10-11-19(18)21(24)25)22-12-15-6-8-17(9-7-15)14-26-13-16-4-2-1-3-5-16/h1-9,18-19H,10-14H2,(H,22,23)(H,24,25). The molecule has 1 aliphatic carbocycles. The first-order chi connectivity index (χ1) is 12.6. The molecule has 0 saturated heterocycles. The van der Waals surface area contributed by atoms with Crippen molar-refractivity contribution in [3.05, 3.63) is 71.3 Å². The minimum absolute atomic E-state index is 0.168. The Bertz CT molecular complexity index is 742. The molecule has 1 saturated carbocycles. The molecule has 0 aromatic heterocycles. The lowest BCUT2D eigenvalue weighted by Crippen LogP contribution is -2.43. The van der Waals surface area contributed by atoms with E-state index in [0.29, 0.717) is 32.6 Å². The molecule has 2 aromatic carbocycles. The van der Waals surface area contributed by atoms with Crippen LogP contribution in [0, 0.1) is 11.8 Å². The second-order valence-corrected chi connectivity index (χ2v) is 6.64. The molecule has 26 heavy (non-hydrogen) atoms. The van der Waals surface area contributed by atoms with Crippen LogP contribution >= 0.6 is 0 Å². The predicted octanol–water partition coefficient (Wildman–Crippen LogP) is 3.13. The molecular formula is C21H23NO4. The highest BCUT2D eigenvalue weighted by molar-refractivity contribution is 5.86. The van der Waals surface area contributed by atoms with Crippen molar-refractivity contribution in [2.75, 3.05) is 0 Å². The van der Waals surface area contributed by atoms with E-state index in [1.54, 1.807) is 0 Å². The highest BCUT2D eigenvalue weighted by Gasteiger charge is 2.41. The summed E-state index contributed by atoms with van der Waals surface area (Å²) in [5, 5.41) is 11.9. The van der Waals surface area contributed by atoms with Gasteiger partial charge in [0.1, 0.15) is 0 Å². The summed E-state index contributed by atoms with van der Waals surface area (Å²) >= 11 is 0. The van der Waals surface area contributed by atoms with Gasteiger partial charge in [-0.2, -0.15) is 0 Å². The monoisotopic (exact) mass is 353 g/mol. The Hall–Kier alpha value is -2.66. The number of carboxylic acid groups (broad SMARTS) is 1. The third-order valence-electron chi connectivity index (χ3n) is 4.80. The van der Waals surface area contributed by atoms with E-state index in [-0.39, 0.29) is 5.91 Å². The molecule has 5 nitrogen and oxygen atoms in total. The number of rotatable bonds is 8. The summed E-state index contributed by atoms with van der Waals surface area (Å²) in [7, 11) is 0. The van der Waals surface area contributed by atoms with E-state index in [2.05, 4.69) is 5.32 Å². The van der Waals surface area contributed by atoms with Crippen molar-refractivity contribution < 1.29 is 19.4 Å². The summed E-state index contributed by atoms with van der Waals surface area (Å²) in [6.07, 6.45) is 1.24. The van der Waals surface area contributed by atoms with Gasteiger partial charge in [-0.1, -0.05) is 54.6 Å². The lowest BCUT2D eigenvalue weighted by atomic mass is 9.73. The predicted molar refractivity (Wildman–Crippen MR) is 97.1 cm³/mol. The highest BCUT2D eigenvalue weighted by atomic mass is 16.5. The van der Waals surface area contributed by atoms with E-state index in [4.69, 9.17) is 9.84 Å². The molecule has 0 spiro atoms. The van der Waals surface area contributed by atoms with Gasteiger partial charge in [0.05, 0.1) is 25.0 Å². The third-order valence-corrected chi connectivity index (χ3v) is 4.80. The van der Waals surface area contributed by atoms with E-state index in [1.807, 2.05) is 54.6 Å². The van der Waals surface area contributed by atoms with Gasteiger partial charge in [-0.05, 0) is 29.5 Å². The van der Waals surface area contributed by atoms with Gasteiger partial charge < -0.3 is 15.2 Å². The minimum atomic E-state index is -0.878. The number of aliphatic carboxylic acids is 1. The zero-order chi connectivity index (χ0) is 18.4. The van der Waals surface area contributed by atoms with Crippen LogP contribution in [-0.4, -0.2) is 17.0 Å². The Morgan fingerprint density at radius 1 is 0.885 bits per heavy atom. The molecule has 0 radical (unpaired) electrons. The van der Waals surface area contributed by atoms with Crippen LogP contribution in [0.1, 0.15) is 29.5 Å². The van der Waals surface area contributed by atoms with Crippen LogP contribution in [0.25, 0.3) is 0 Å². The van der Waals surface area contributed by atoms with Gasteiger partial charge in [-0.15, -0.1) is 0 Å². The fraction of sp³-hybridized carbons (Fsp3) is 0.333. The van der Waals surface area contributed by atoms with Crippen molar-refractivity contribution in [1.29, 1.82) is 0 Å². The Kier molecular flexibility index (Phi) is 6.02. The molecule has 2 N–H and O–H groups in total. The topological polar surface area (TPSA) is 75.6 Å². The summed E-state index contributed by atoms with van der Waals surface area (Å²) < 4.78 is 5.71. The molecule has 2 aromatic rings. The second kappa shape index (κ2) is 8.63. The van der Waals surface area contributed by atoms with Crippen LogP contribution in [0.4, 0.5) is 0 Å². The number of nitrogens with one attached hydrogen (secondary N) is 1. The Morgan fingerprint density at radius 2 is 1.46 bits per heavy atom.